The third-order valence-corrected chi connectivity index (χ3v) is 5.36. The maximum absolute atomic E-state index is 13.0. The zero-order valence-corrected chi connectivity index (χ0v) is 19.1. The second-order valence-corrected chi connectivity index (χ2v) is 8.21. The highest BCUT2D eigenvalue weighted by Gasteiger charge is 2.17. The van der Waals surface area contributed by atoms with Crippen molar-refractivity contribution in [3.63, 3.8) is 0 Å². The molecule has 1 aromatic heterocycles. The van der Waals surface area contributed by atoms with Crippen molar-refractivity contribution < 1.29 is 19.1 Å². The van der Waals surface area contributed by atoms with Gasteiger partial charge in [-0.15, -0.1) is 11.3 Å². The topological polar surface area (TPSA) is 76.7 Å². The number of ether oxygens (including phenoxy) is 2. The van der Waals surface area contributed by atoms with Gasteiger partial charge in [0.05, 0.1) is 13.2 Å². The molecule has 0 saturated carbocycles. The van der Waals surface area contributed by atoms with Crippen LogP contribution in [0.1, 0.15) is 27.7 Å². The number of carbonyl (C=O) groups excluding carboxylic acids is 2. The summed E-state index contributed by atoms with van der Waals surface area (Å²) in [6, 6.07) is 18.0. The number of nitrogens with one attached hydrogen (secondary N) is 2. The van der Waals surface area contributed by atoms with Crippen LogP contribution in [0.15, 0.2) is 71.7 Å². The van der Waals surface area contributed by atoms with Crippen molar-refractivity contribution in [1.82, 2.24) is 10.6 Å². The summed E-state index contributed by atoms with van der Waals surface area (Å²) in [4.78, 5) is 26.6. The molecule has 0 bridgehead atoms. The molecular weight excluding hydrogens is 424 g/mol. The van der Waals surface area contributed by atoms with E-state index < -0.39 is 5.91 Å². The fraction of sp³-hybridized carbons (Fsp3) is 0.200. The van der Waals surface area contributed by atoms with Crippen LogP contribution in [0.5, 0.6) is 11.5 Å². The number of para-hydroxylation sites is 2. The van der Waals surface area contributed by atoms with Crippen LogP contribution in [0.2, 0.25) is 0 Å². The highest BCUT2D eigenvalue weighted by atomic mass is 32.1. The first-order valence-electron chi connectivity index (χ1n) is 10.2. The molecule has 0 aliphatic carbocycles. The molecule has 1 heterocycles. The van der Waals surface area contributed by atoms with Crippen LogP contribution in [0.25, 0.3) is 6.08 Å². The minimum absolute atomic E-state index is 0.170. The highest BCUT2D eigenvalue weighted by molar-refractivity contribution is 7.10. The zero-order valence-electron chi connectivity index (χ0n) is 18.3. The van der Waals surface area contributed by atoms with Crippen LogP contribution in [0, 0.1) is 6.92 Å². The molecule has 0 aliphatic rings. The van der Waals surface area contributed by atoms with Gasteiger partial charge in [0.25, 0.3) is 11.8 Å². The lowest BCUT2D eigenvalue weighted by Crippen LogP contribution is -2.41. The molecule has 2 N–H and O–H groups in total. The van der Waals surface area contributed by atoms with Crippen molar-refractivity contribution in [3.8, 4) is 11.5 Å². The average Bonchev–Trinajstić information content (AvgIpc) is 3.30. The molecule has 0 fully saturated rings. The van der Waals surface area contributed by atoms with E-state index in [-0.39, 0.29) is 24.3 Å². The molecule has 32 heavy (non-hydrogen) atoms. The van der Waals surface area contributed by atoms with E-state index in [4.69, 9.17) is 9.47 Å². The van der Waals surface area contributed by atoms with Gasteiger partial charge in [-0.3, -0.25) is 9.59 Å². The third-order valence-electron chi connectivity index (χ3n) is 4.54. The summed E-state index contributed by atoms with van der Waals surface area (Å²) < 4.78 is 11.1. The Morgan fingerprint density at radius 1 is 1.06 bits per heavy atom. The van der Waals surface area contributed by atoms with Crippen LogP contribution in [-0.4, -0.2) is 31.6 Å². The second kappa shape index (κ2) is 11.2. The molecule has 2 aromatic carbocycles. The van der Waals surface area contributed by atoms with E-state index in [1.165, 1.54) is 11.3 Å². The first-order chi connectivity index (χ1) is 15.5. The number of methoxy groups -OCH3 is 1. The summed E-state index contributed by atoms with van der Waals surface area (Å²) >= 11 is 1.48. The van der Waals surface area contributed by atoms with Gasteiger partial charge in [0.2, 0.25) is 0 Å². The summed E-state index contributed by atoms with van der Waals surface area (Å²) in [6.45, 7) is 3.98. The Hall–Kier alpha value is -3.58. The Morgan fingerprint density at radius 2 is 1.84 bits per heavy atom. The minimum atomic E-state index is -0.393. The molecule has 0 unspecified atom stereocenters. The van der Waals surface area contributed by atoms with E-state index in [1.807, 2.05) is 55.6 Å². The van der Waals surface area contributed by atoms with Crippen molar-refractivity contribution >= 4 is 29.2 Å². The van der Waals surface area contributed by atoms with Crippen LogP contribution in [0.4, 0.5) is 0 Å². The molecule has 7 heteroatoms. The van der Waals surface area contributed by atoms with Crippen molar-refractivity contribution in [1.29, 1.82) is 0 Å². The third kappa shape index (κ3) is 6.46. The summed E-state index contributed by atoms with van der Waals surface area (Å²) in [6.07, 6.45) is 1.67. The first kappa shape index (κ1) is 23.1. The quantitative estimate of drug-likeness (QED) is 0.473. The van der Waals surface area contributed by atoms with Gasteiger partial charge in [0.15, 0.2) is 11.5 Å². The summed E-state index contributed by atoms with van der Waals surface area (Å²) in [5, 5.41) is 7.55. The first-order valence-corrected chi connectivity index (χ1v) is 11.0. The number of hydrogen-bond donors (Lipinski definition) is 2. The maximum atomic E-state index is 13.0. The Labute approximate surface area is 191 Å². The van der Waals surface area contributed by atoms with Crippen LogP contribution >= 0.6 is 11.3 Å². The highest BCUT2D eigenvalue weighted by Crippen LogP contribution is 2.25. The largest absolute Gasteiger partial charge is 0.493 e. The van der Waals surface area contributed by atoms with E-state index in [9.17, 15) is 9.59 Å². The minimum Gasteiger partial charge on any atom is -0.493 e. The van der Waals surface area contributed by atoms with Crippen molar-refractivity contribution in [2.24, 2.45) is 0 Å². The molecule has 3 rings (SSSR count). The molecule has 0 aliphatic heterocycles. The number of benzene rings is 2. The molecule has 0 spiro atoms. The van der Waals surface area contributed by atoms with E-state index in [1.54, 1.807) is 37.5 Å². The zero-order chi connectivity index (χ0) is 22.9. The van der Waals surface area contributed by atoms with Gasteiger partial charge in [0, 0.05) is 10.4 Å². The Bertz CT molecular complexity index is 1090. The molecule has 6 nitrogen and oxygen atoms in total. The fourth-order valence-corrected chi connectivity index (χ4v) is 3.61. The predicted octanol–water partition coefficient (Wildman–Crippen LogP) is 4.42. The Morgan fingerprint density at radius 3 is 2.53 bits per heavy atom. The number of hydrogen-bond acceptors (Lipinski definition) is 5. The van der Waals surface area contributed by atoms with Gasteiger partial charge >= 0.3 is 0 Å². The van der Waals surface area contributed by atoms with Crippen LogP contribution in [0.3, 0.4) is 0 Å². The van der Waals surface area contributed by atoms with Crippen LogP contribution < -0.4 is 20.1 Å². The lowest BCUT2D eigenvalue weighted by Gasteiger charge is -2.18. The number of amides is 2. The second-order valence-electron chi connectivity index (χ2n) is 7.23. The van der Waals surface area contributed by atoms with E-state index >= 15 is 0 Å². The number of thiophene rings is 1. The Kier molecular flexibility index (Phi) is 8.05. The standard InChI is InChI=1S/C25H26N2O4S/c1-17-8-6-9-19(14-17)24(28)27-21(15-20-10-7-13-32-20)25(29)26-18(2)16-31-23-12-5-4-11-22(23)30-3/h4-15,18H,16H2,1-3H3,(H,26,29)(H,27,28)/b21-15-/t18-/m0/s1. The lowest BCUT2D eigenvalue weighted by molar-refractivity contribution is -0.118. The van der Waals surface area contributed by atoms with Gasteiger partial charge < -0.3 is 20.1 Å². The summed E-state index contributed by atoms with van der Waals surface area (Å²) in [5.41, 5.74) is 1.62. The summed E-state index contributed by atoms with van der Waals surface area (Å²) in [7, 11) is 1.58. The van der Waals surface area contributed by atoms with Gasteiger partial charge in [0.1, 0.15) is 12.3 Å². The van der Waals surface area contributed by atoms with Crippen LogP contribution in [-0.2, 0) is 4.79 Å². The average molecular weight is 451 g/mol. The normalized spacial score (nSPS) is 12.0. The van der Waals surface area contributed by atoms with Gasteiger partial charge in [-0.05, 0) is 55.6 Å². The Balaban J connectivity index is 1.69. The molecule has 3 aromatic rings. The van der Waals surface area contributed by atoms with Crippen molar-refractivity contribution in [3.05, 3.63) is 87.7 Å². The van der Waals surface area contributed by atoms with E-state index in [2.05, 4.69) is 10.6 Å². The van der Waals surface area contributed by atoms with Gasteiger partial charge in [-0.2, -0.15) is 0 Å². The number of aryl methyl sites for hydroxylation is 1. The van der Waals surface area contributed by atoms with Crippen molar-refractivity contribution in [2.45, 2.75) is 19.9 Å². The molecule has 0 radical (unpaired) electrons. The lowest BCUT2D eigenvalue weighted by atomic mass is 10.1. The molecule has 0 saturated heterocycles. The number of carbonyl (C=O) groups is 2. The van der Waals surface area contributed by atoms with E-state index in [0.29, 0.717) is 17.1 Å². The SMILES string of the molecule is COc1ccccc1OC[C@H](C)NC(=O)/C(=C/c1cccs1)NC(=O)c1cccc(C)c1. The maximum Gasteiger partial charge on any atom is 0.268 e. The fourth-order valence-electron chi connectivity index (χ4n) is 2.95. The molecule has 2 amide bonds. The van der Waals surface area contributed by atoms with Crippen molar-refractivity contribution in [2.75, 3.05) is 13.7 Å². The monoisotopic (exact) mass is 450 g/mol. The van der Waals surface area contributed by atoms with Gasteiger partial charge in [-0.1, -0.05) is 35.9 Å². The molecular formula is C25H26N2O4S. The molecule has 166 valence electrons. The molecule has 1 atom stereocenters. The number of rotatable bonds is 9. The van der Waals surface area contributed by atoms with Gasteiger partial charge in [-0.25, -0.2) is 0 Å². The predicted molar refractivity (Wildman–Crippen MR) is 127 cm³/mol. The smallest absolute Gasteiger partial charge is 0.268 e. The van der Waals surface area contributed by atoms with E-state index in [0.717, 1.165) is 10.4 Å². The summed E-state index contributed by atoms with van der Waals surface area (Å²) in [5.74, 6) is 0.480.